The minimum Gasteiger partial charge on any atom is -0.352 e. The largest absolute Gasteiger partial charge is 0.352 e. The van der Waals surface area contributed by atoms with Crippen LogP contribution in [0.3, 0.4) is 0 Å². The third-order valence-electron chi connectivity index (χ3n) is 7.07. The summed E-state index contributed by atoms with van der Waals surface area (Å²) in [6.45, 7) is 6.94. The van der Waals surface area contributed by atoms with Gasteiger partial charge in [0.1, 0.15) is 0 Å². The first-order chi connectivity index (χ1) is 16.3. The highest BCUT2D eigenvalue weighted by Gasteiger charge is 2.26. The van der Waals surface area contributed by atoms with Gasteiger partial charge in [-0.1, -0.05) is 19.8 Å². The van der Waals surface area contributed by atoms with Crippen molar-refractivity contribution in [1.29, 1.82) is 0 Å². The molecule has 2 aliphatic rings. The summed E-state index contributed by atoms with van der Waals surface area (Å²) < 4.78 is 28.1. The molecule has 2 saturated heterocycles. The molecule has 2 fully saturated rings. The van der Waals surface area contributed by atoms with Gasteiger partial charge in [-0.05, 0) is 75.9 Å². The van der Waals surface area contributed by atoms with Crippen LogP contribution in [-0.2, 0) is 10.0 Å². The number of fused-ring (bicyclic) bond motifs is 1. The number of rotatable bonds is 7. The number of aromatic nitrogens is 1. The quantitative estimate of drug-likeness (QED) is 0.584. The Morgan fingerprint density at radius 3 is 2.47 bits per heavy atom. The number of piperidine rings is 1. The van der Waals surface area contributed by atoms with Gasteiger partial charge in [0.25, 0.3) is 5.91 Å². The number of aromatic amines is 1. The number of nitrogens with one attached hydrogen (secondary N) is 2. The molecule has 2 aromatic rings. The molecule has 34 heavy (non-hydrogen) atoms. The van der Waals surface area contributed by atoms with Gasteiger partial charge in [-0.2, -0.15) is 4.31 Å². The smallest absolute Gasteiger partial charge is 0.252 e. The van der Waals surface area contributed by atoms with Gasteiger partial charge < -0.3 is 15.2 Å². The molecule has 8 nitrogen and oxygen atoms in total. The maximum absolute atomic E-state index is 13.3. The van der Waals surface area contributed by atoms with Crippen LogP contribution in [0.2, 0.25) is 0 Å². The molecule has 4 rings (SSSR count). The van der Waals surface area contributed by atoms with Gasteiger partial charge in [-0.3, -0.25) is 9.59 Å². The molecule has 2 aliphatic heterocycles. The summed E-state index contributed by atoms with van der Waals surface area (Å²) in [5.41, 5.74) is 0.275. The van der Waals surface area contributed by atoms with Crippen molar-refractivity contribution in [3.05, 3.63) is 40.2 Å². The molecule has 2 N–H and O–H groups in total. The molecule has 1 aromatic carbocycles. The molecule has 3 heterocycles. The summed E-state index contributed by atoms with van der Waals surface area (Å²) in [5, 5.41) is 3.36. The zero-order chi connectivity index (χ0) is 24.1. The summed E-state index contributed by atoms with van der Waals surface area (Å²) in [7, 11) is -3.66. The summed E-state index contributed by atoms with van der Waals surface area (Å²) in [4.78, 5) is 30.4. The van der Waals surface area contributed by atoms with E-state index in [1.165, 1.54) is 35.3 Å². The van der Waals surface area contributed by atoms with E-state index in [0.29, 0.717) is 30.5 Å². The first kappa shape index (κ1) is 24.9. The van der Waals surface area contributed by atoms with E-state index >= 15 is 0 Å². The van der Waals surface area contributed by atoms with Crippen LogP contribution in [0.5, 0.6) is 0 Å². The van der Waals surface area contributed by atoms with Crippen LogP contribution in [0, 0.1) is 5.92 Å². The lowest BCUT2D eigenvalue weighted by Crippen LogP contribution is -2.35. The minimum absolute atomic E-state index is 0.155. The number of amides is 1. The second-order valence-corrected chi connectivity index (χ2v) is 11.6. The summed E-state index contributed by atoms with van der Waals surface area (Å²) in [6, 6.07) is 5.87. The van der Waals surface area contributed by atoms with Crippen LogP contribution in [0.25, 0.3) is 10.9 Å². The van der Waals surface area contributed by atoms with Gasteiger partial charge in [0.05, 0.1) is 10.5 Å². The second-order valence-electron chi connectivity index (χ2n) is 9.71. The fourth-order valence-electron chi connectivity index (χ4n) is 4.90. The fourth-order valence-corrected chi connectivity index (χ4v) is 6.44. The predicted molar refractivity (Wildman–Crippen MR) is 134 cm³/mol. The lowest BCUT2D eigenvalue weighted by Gasteiger charge is -2.30. The Morgan fingerprint density at radius 1 is 1.06 bits per heavy atom. The van der Waals surface area contributed by atoms with Crippen LogP contribution in [0.15, 0.2) is 34.0 Å². The van der Waals surface area contributed by atoms with Crippen molar-refractivity contribution in [3.8, 4) is 0 Å². The molecule has 186 valence electrons. The van der Waals surface area contributed by atoms with Crippen molar-refractivity contribution >= 4 is 26.8 Å². The van der Waals surface area contributed by atoms with Gasteiger partial charge >= 0.3 is 0 Å². The maximum atomic E-state index is 13.3. The Bertz CT molecular complexity index is 1160. The molecule has 0 radical (unpaired) electrons. The van der Waals surface area contributed by atoms with E-state index in [-0.39, 0.29) is 21.9 Å². The summed E-state index contributed by atoms with van der Waals surface area (Å²) >= 11 is 0. The average Bonchev–Trinajstić information content (AvgIpc) is 3.12. The van der Waals surface area contributed by atoms with Crippen molar-refractivity contribution in [2.24, 2.45) is 5.92 Å². The zero-order valence-electron chi connectivity index (χ0n) is 20.0. The SMILES string of the molecule is CC1CCN(CCCNC(=O)c2cc(=O)[nH]c3ccc(S(=O)(=O)N4CCCCCC4)cc23)CC1. The summed E-state index contributed by atoms with van der Waals surface area (Å²) in [6.07, 6.45) is 7.03. The van der Waals surface area contributed by atoms with Crippen LogP contribution in [0.1, 0.15) is 62.2 Å². The number of nitrogens with zero attached hydrogens (tertiary/aromatic N) is 2. The van der Waals surface area contributed by atoms with Gasteiger partial charge in [-0.25, -0.2) is 8.42 Å². The van der Waals surface area contributed by atoms with Crippen molar-refractivity contribution < 1.29 is 13.2 Å². The number of hydrogen-bond donors (Lipinski definition) is 2. The second kappa shape index (κ2) is 11.0. The van der Waals surface area contributed by atoms with E-state index in [0.717, 1.165) is 57.7 Å². The third-order valence-corrected chi connectivity index (χ3v) is 8.97. The monoisotopic (exact) mass is 488 g/mol. The average molecular weight is 489 g/mol. The number of benzene rings is 1. The lowest BCUT2D eigenvalue weighted by molar-refractivity contribution is 0.0952. The van der Waals surface area contributed by atoms with Crippen LogP contribution in [0.4, 0.5) is 0 Å². The highest BCUT2D eigenvalue weighted by Crippen LogP contribution is 2.25. The molecule has 1 amide bonds. The van der Waals surface area contributed by atoms with E-state index in [1.807, 2.05) is 0 Å². The van der Waals surface area contributed by atoms with Gasteiger partial charge in [0.15, 0.2) is 0 Å². The maximum Gasteiger partial charge on any atom is 0.252 e. The number of hydrogen-bond acceptors (Lipinski definition) is 5. The van der Waals surface area contributed by atoms with E-state index in [2.05, 4.69) is 22.1 Å². The van der Waals surface area contributed by atoms with Crippen molar-refractivity contribution in [3.63, 3.8) is 0 Å². The first-order valence-electron chi connectivity index (χ1n) is 12.5. The standard InChI is InChI=1S/C25H36N4O4S/c1-19-9-15-28(16-10-19)12-6-11-26-25(31)22-18-24(30)27-23-8-7-20(17-21(22)23)34(32,33)29-13-4-2-3-5-14-29/h7-8,17-19H,2-6,9-16H2,1H3,(H,26,31)(H,27,30). The van der Waals surface area contributed by atoms with E-state index < -0.39 is 10.0 Å². The number of likely N-dealkylation sites (tertiary alicyclic amines) is 1. The highest BCUT2D eigenvalue weighted by atomic mass is 32.2. The van der Waals surface area contributed by atoms with E-state index in [4.69, 9.17) is 0 Å². The topological polar surface area (TPSA) is 103 Å². The first-order valence-corrected chi connectivity index (χ1v) is 14.0. The van der Waals surface area contributed by atoms with Crippen LogP contribution >= 0.6 is 0 Å². The molecular weight excluding hydrogens is 452 g/mol. The Labute approximate surface area is 201 Å². The van der Waals surface area contributed by atoms with Gasteiger partial charge in [-0.15, -0.1) is 0 Å². The number of carbonyl (C=O) groups excluding carboxylic acids is 1. The van der Waals surface area contributed by atoms with Crippen LogP contribution in [-0.4, -0.2) is 67.8 Å². The molecule has 0 saturated carbocycles. The van der Waals surface area contributed by atoms with E-state index in [1.54, 1.807) is 6.07 Å². The zero-order valence-corrected chi connectivity index (χ0v) is 20.8. The van der Waals surface area contributed by atoms with Crippen molar-refractivity contribution in [2.45, 2.75) is 56.8 Å². The summed E-state index contributed by atoms with van der Waals surface area (Å²) in [5.74, 6) is 0.432. The number of sulfonamides is 1. The number of carbonyl (C=O) groups is 1. The van der Waals surface area contributed by atoms with Gasteiger partial charge in [0, 0.05) is 36.6 Å². The molecule has 0 bridgehead atoms. The normalized spacial score (nSPS) is 19.2. The Kier molecular flexibility index (Phi) is 8.06. The molecule has 0 spiro atoms. The lowest BCUT2D eigenvalue weighted by atomic mass is 9.99. The molecular formula is C25H36N4O4S. The Morgan fingerprint density at radius 2 is 1.76 bits per heavy atom. The van der Waals surface area contributed by atoms with E-state index in [9.17, 15) is 18.0 Å². The number of pyridine rings is 1. The van der Waals surface area contributed by atoms with Crippen LogP contribution < -0.4 is 10.9 Å². The number of H-pyrrole nitrogens is 1. The highest BCUT2D eigenvalue weighted by molar-refractivity contribution is 7.89. The minimum atomic E-state index is -3.66. The molecule has 0 unspecified atom stereocenters. The van der Waals surface area contributed by atoms with Gasteiger partial charge in [0.2, 0.25) is 15.6 Å². The molecule has 1 aromatic heterocycles. The molecule has 0 aliphatic carbocycles. The Balaban J connectivity index is 1.49. The molecule has 9 heteroatoms. The van der Waals surface area contributed by atoms with Crippen molar-refractivity contribution in [2.75, 3.05) is 39.3 Å². The van der Waals surface area contributed by atoms with Crippen molar-refractivity contribution in [1.82, 2.24) is 19.5 Å². The fraction of sp³-hybridized carbons (Fsp3) is 0.600. The Hall–Kier alpha value is -2.23. The molecule has 0 atom stereocenters. The predicted octanol–water partition coefficient (Wildman–Crippen LogP) is 2.94. The third kappa shape index (κ3) is 5.87.